The van der Waals surface area contributed by atoms with E-state index in [1.54, 1.807) is 0 Å². The van der Waals surface area contributed by atoms with Gasteiger partial charge in [-0.15, -0.1) is 0 Å². The zero-order valence-corrected chi connectivity index (χ0v) is 10.5. The molecule has 3 N–H and O–H groups in total. The molecule has 1 rings (SSSR count). The maximum absolute atomic E-state index is 13.4. The van der Waals surface area contributed by atoms with E-state index < -0.39 is 23.5 Å². The summed E-state index contributed by atoms with van der Waals surface area (Å²) in [5, 5.41) is 19.4. The smallest absolute Gasteiger partial charge is 0.289 e. The summed E-state index contributed by atoms with van der Waals surface area (Å²) in [4.78, 5) is 10.0. The highest BCUT2D eigenvalue weighted by molar-refractivity contribution is 5.42. The summed E-state index contributed by atoms with van der Waals surface area (Å²) in [7, 11) is 0. The van der Waals surface area contributed by atoms with Crippen LogP contribution in [0.25, 0.3) is 0 Å². The Morgan fingerprint density at radius 1 is 1.53 bits per heavy atom. The highest BCUT2D eigenvalue weighted by atomic mass is 19.3. The second kappa shape index (κ2) is 6.03. The molecule has 0 aliphatic heterocycles. The minimum atomic E-state index is -3.52. The van der Waals surface area contributed by atoms with Crippen LogP contribution < -0.4 is 5.73 Å². The van der Waals surface area contributed by atoms with Crippen LogP contribution in [0.1, 0.15) is 30.5 Å². The minimum Gasteiger partial charge on any atom is -0.390 e. The van der Waals surface area contributed by atoms with Gasteiger partial charge in [0, 0.05) is 12.1 Å². The average molecular weight is 274 g/mol. The predicted octanol–water partition coefficient (Wildman–Crippen LogP) is 2.17. The van der Waals surface area contributed by atoms with Crippen LogP contribution in [0.2, 0.25) is 0 Å². The molecule has 1 aromatic rings. The Labute approximate surface area is 109 Å². The maximum atomic E-state index is 13.4. The Kier molecular flexibility index (Phi) is 4.90. The number of aliphatic hydroxyl groups excluding tert-OH is 1. The first-order chi connectivity index (χ1) is 8.83. The second-order valence-electron chi connectivity index (χ2n) is 4.29. The van der Waals surface area contributed by atoms with Crippen LogP contribution >= 0.6 is 0 Å². The summed E-state index contributed by atoms with van der Waals surface area (Å²) in [6, 6.07) is 1.99. The summed E-state index contributed by atoms with van der Waals surface area (Å²) in [5.74, 6) is -3.52. The van der Waals surface area contributed by atoms with Crippen molar-refractivity contribution in [1.82, 2.24) is 0 Å². The largest absolute Gasteiger partial charge is 0.390 e. The van der Waals surface area contributed by atoms with Gasteiger partial charge in [0.2, 0.25) is 0 Å². The minimum absolute atomic E-state index is 0.00935. The molecule has 0 heterocycles. The zero-order valence-electron chi connectivity index (χ0n) is 10.5. The highest BCUT2D eigenvalue weighted by Gasteiger charge is 2.38. The van der Waals surface area contributed by atoms with Crippen LogP contribution in [0.15, 0.2) is 18.2 Å². The van der Waals surface area contributed by atoms with E-state index in [1.165, 1.54) is 12.1 Å². The van der Waals surface area contributed by atoms with Crippen molar-refractivity contribution in [2.24, 2.45) is 5.73 Å². The molecule has 0 aliphatic rings. The van der Waals surface area contributed by atoms with Crippen LogP contribution in [0, 0.1) is 10.1 Å². The van der Waals surface area contributed by atoms with E-state index in [0.29, 0.717) is 18.4 Å². The molecule has 1 unspecified atom stereocenters. The fraction of sp³-hybridized carbons (Fsp3) is 0.500. The van der Waals surface area contributed by atoms with Crippen molar-refractivity contribution in [3.8, 4) is 0 Å². The van der Waals surface area contributed by atoms with Gasteiger partial charge in [-0.1, -0.05) is 19.4 Å². The van der Waals surface area contributed by atoms with Gasteiger partial charge < -0.3 is 10.8 Å². The average Bonchev–Trinajstić information content (AvgIpc) is 2.38. The third-order valence-electron chi connectivity index (χ3n) is 2.86. The van der Waals surface area contributed by atoms with Crippen LogP contribution in [-0.2, 0) is 6.42 Å². The monoisotopic (exact) mass is 274 g/mol. The van der Waals surface area contributed by atoms with Gasteiger partial charge in [-0.2, -0.15) is 0 Å². The van der Waals surface area contributed by atoms with Gasteiger partial charge in [0.25, 0.3) is 11.6 Å². The van der Waals surface area contributed by atoms with Gasteiger partial charge in [-0.3, -0.25) is 10.1 Å². The molecule has 1 aromatic carbocycles. The Balaban J connectivity index is 3.27. The maximum Gasteiger partial charge on any atom is 0.289 e. The number of benzene rings is 1. The number of nitro groups is 1. The molecule has 0 radical (unpaired) electrons. The molecule has 7 heteroatoms. The van der Waals surface area contributed by atoms with E-state index in [2.05, 4.69) is 0 Å². The molecule has 0 saturated heterocycles. The number of aliphatic hydroxyl groups is 1. The van der Waals surface area contributed by atoms with Gasteiger partial charge in [0.1, 0.15) is 6.61 Å². The third kappa shape index (κ3) is 3.45. The molecule has 0 amide bonds. The SMILES string of the molecule is CCCc1ccc([N+](=O)[O-])cc1C(N)C(F)(F)CO. The first-order valence-electron chi connectivity index (χ1n) is 5.85. The number of aryl methyl sites for hydroxylation is 1. The molecule has 19 heavy (non-hydrogen) atoms. The molecule has 0 saturated carbocycles. The van der Waals surface area contributed by atoms with Gasteiger partial charge in [0.15, 0.2) is 0 Å². The van der Waals surface area contributed by atoms with Crippen LogP contribution in [-0.4, -0.2) is 22.6 Å². The number of nitro benzene ring substituents is 1. The van der Waals surface area contributed by atoms with Crippen molar-refractivity contribution in [3.63, 3.8) is 0 Å². The standard InChI is InChI=1S/C12H16F2N2O3/c1-2-3-8-4-5-9(16(18)19)6-10(8)11(15)12(13,14)7-17/h4-6,11,17H,2-3,7,15H2,1H3. The van der Waals surface area contributed by atoms with Crippen molar-refractivity contribution >= 4 is 5.69 Å². The van der Waals surface area contributed by atoms with Crippen molar-refractivity contribution < 1.29 is 18.8 Å². The van der Waals surface area contributed by atoms with E-state index in [4.69, 9.17) is 10.8 Å². The topological polar surface area (TPSA) is 89.4 Å². The molecule has 1 atom stereocenters. The van der Waals surface area contributed by atoms with Crippen molar-refractivity contribution in [2.75, 3.05) is 6.61 Å². The van der Waals surface area contributed by atoms with Gasteiger partial charge >= 0.3 is 0 Å². The fourth-order valence-corrected chi connectivity index (χ4v) is 1.81. The third-order valence-corrected chi connectivity index (χ3v) is 2.86. The molecule has 106 valence electrons. The Hall–Kier alpha value is -1.60. The van der Waals surface area contributed by atoms with E-state index in [9.17, 15) is 18.9 Å². The molecule has 0 aromatic heterocycles. The van der Waals surface area contributed by atoms with Gasteiger partial charge in [-0.05, 0) is 17.5 Å². The summed E-state index contributed by atoms with van der Waals surface area (Å²) < 4.78 is 26.9. The lowest BCUT2D eigenvalue weighted by Crippen LogP contribution is -2.36. The number of rotatable bonds is 6. The lowest BCUT2D eigenvalue weighted by molar-refractivity contribution is -0.385. The summed E-state index contributed by atoms with van der Waals surface area (Å²) in [5.41, 5.74) is 5.70. The summed E-state index contributed by atoms with van der Waals surface area (Å²) in [6.07, 6.45) is 1.19. The predicted molar refractivity (Wildman–Crippen MR) is 66.1 cm³/mol. The Bertz CT molecular complexity index is 466. The molecule has 5 nitrogen and oxygen atoms in total. The van der Waals surface area contributed by atoms with E-state index in [0.717, 1.165) is 6.07 Å². The number of nitrogens with zero attached hydrogens (tertiary/aromatic N) is 1. The molecule has 0 aliphatic carbocycles. The molecule has 0 spiro atoms. The van der Waals surface area contributed by atoms with Crippen molar-refractivity contribution in [1.29, 1.82) is 0 Å². The number of non-ortho nitro benzene ring substituents is 1. The summed E-state index contributed by atoms with van der Waals surface area (Å²) in [6.45, 7) is 0.462. The van der Waals surface area contributed by atoms with Crippen LogP contribution in [0.4, 0.5) is 14.5 Å². The number of hydrogen-bond donors (Lipinski definition) is 2. The second-order valence-corrected chi connectivity index (χ2v) is 4.29. The molecular weight excluding hydrogens is 258 g/mol. The molecule has 0 fully saturated rings. The van der Waals surface area contributed by atoms with Crippen molar-refractivity contribution in [3.05, 3.63) is 39.4 Å². The van der Waals surface area contributed by atoms with Crippen LogP contribution in [0.5, 0.6) is 0 Å². The quantitative estimate of drug-likeness (QED) is 0.614. The van der Waals surface area contributed by atoms with E-state index >= 15 is 0 Å². The van der Waals surface area contributed by atoms with Gasteiger partial charge in [-0.25, -0.2) is 8.78 Å². The highest BCUT2D eigenvalue weighted by Crippen LogP contribution is 2.33. The Morgan fingerprint density at radius 2 is 2.16 bits per heavy atom. The van der Waals surface area contributed by atoms with E-state index in [-0.39, 0.29) is 11.3 Å². The lowest BCUT2D eigenvalue weighted by Gasteiger charge is -2.23. The normalized spacial score (nSPS) is 13.3. The van der Waals surface area contributed by atoms with Crippen molar-refractivity contribution in [2.45, 2.75) is 31.7 Å². The number of alkyl halides is 2. The Morgan fingerprint density at radius 3 is 2.63 bits per heavy atom. The van der Waals surface area contributed by atoms with E-state index in [1.807, 2.05) is 6.92 Å². The summed E-state index contributed by atoms with van der Waals surface area (Å²) >= 11 is 0. The fourth-order valence-electron chi connectivity index (χ4n) is 1.81. The first-order valence-corrected chi connectivity index (χ1v) is 5.85. The number of hydrogen-bond acceptors (Lipinski definition) is 4. The molecule has 0 bridgehead atoms. The lowest BCUT2D eigenvalue weighted by atomic mass is 9.93. The number of halogens is 2. The zero-order chi connectivity index (χ0) is 14.6. The van der Waals surface area contributed by atoms with Gasteiger partial charge in [0.05, 0.1) is 11.0 Å². The molecular formula is C12H16F2N2O3. The number of nitrogens with two attached hydrogens (primary N) is 1. The first kappa shape index (κ1) is 15.5. The van der Waals surface area contributed by atoms with Crippen LogP contribution in [0.3, 0.4) is 0 Å².